The van der Waals surface area contributed by atoms with Crippen molar-refractivity contribution in [2.24, 2.45) is 0 Å². The molecule has 2 aromatic carbocycles. The summed E-state index contributed by atoms with van der Waals surface area (Å²) in [6.45, 7) is 0.139. The van der Waals surface area contributed by atoms with E-state index in [9.17, 15) is 24.3 Å². The van der Waals surface area contributed by atoms with E-state index in [0.717, 1.165) is 16.5 Å². The van der Waals surface area contributed by atoms with Crippen molar-refractivity contribution in [1.82, 2.24) is 4.90 Å². The zero-order valence-corrected chi connectivity index (χ0v) is 16.9. The van der Waals surface area contributed by atoms with Crippen LogP contribution in [0.4, 0.5) is 5.69 Å². The number of anilines is 1. The number of hydrogen-bond donors (Lipinski definition) is 0. The van der Waals surface area contributed by atoms with E-state index < -0.39 is 29.7 Å². The lowest BCUT2D eigenvalue weighted by molar-refractivity contribution is -0.297. The van der Waals surface area contributed by atoms with Crippen LogP contribution < -0.4 is 14.7 Å². The second-order valence-corrected chi connectivity index (χ2v) is 6.90. The van der Waals surface area contributed by atoms with E-state index in [-0.39, 0.29) is 13.0 Å². The fourth-order valence-electron chi connectivity index (χ4n) is 3.41. The number of benzene rings is 2. The molecule has 0 unspecified atom stereocenters. The first-order valence-corrected chi connectivity index (χ1v) is 9.65. The van der Waals surface area contributed by atoms with Gasteiger partial charge in [-0.05, 0) is 42.3 Å². The molecule has 0 spiro atoms. The Labute approximate surface area is 179 Å². The summed E-state index contributed by atoms with van der Waals surface area (Å²) in [6, 6.07) is 14.7. The molecule has 1 heterocycles. The standard InChI is InChI=1S/C23H22N2O6/c1-31-18-9-7-17(8-10-18)25-21(27)15-19(23(25)30)24(20(26)11-12-22(28)29)14-13-16-5-3-2-4-6-16/h2-12,19H,13-15H2,1H3,(H,28,29)/p-1/b12-11+/t19-/m1/s1. The predicted molar refractivity (Wildman–Crippen MR) is 110 cm³/mol. The fraction of sp³-hybridized carbons (Fsp3) is 0.217. The monoisotopic (exact) mass is 421 g/mol. The van der Waals surface area contributed by atoms with E-state index in [4.69, 9.17) is 4.74 Å². The van der Waals surface area contributed by atoms with E-state index in [1.54, 1.807) is 24.3 Å². The molecular weight excluding hydrogens is 400 g/mol. The van der Waals surface area contributed by atoms with Gasteiger partial charge in [0.1, 0.15) is 11.8 Å². The lowest BCUT2D eigenvalue weighted by atomic mass is 10.1. The molecule has 0 aromatic heterocycles. The Hall–Kier alpha value is -3.94. The maximum atomic E-state index is 13.1. The number of ether oxygens (including phenoxy) is 1. The number of carbonyl (C=O) groups is 4. The van der Waals surface area contributed by atoms with Crippen LogP contribution in [0, 0.1) is 0 Å². The van der Waals surface area contributed by atoms with Gasteiger partial charge in [-0.2, -0.15) is 0 Å². The van der Waals surface area contributed by atoms with Crippen molar-refractivity contribution in [2.75, 3.05) is 18.6 Å². The van der Waals surface area contributed by atoms with Crippen LogP contribution in [0.3, 0.4) is 0 Å². The van der Waals surface area contributed by atoms with Crippen molar-refractivity contribution in [1.29, 1.82) is 0 Å². The van der Waals surface area contributed by atoms with E-state index in [0.29, 0.717) is 23.9 Å². The molecule has 1 atom stereocenters. The highest BCUT2D eigenvalue weighted by Gasteiger charge is 2.43. The minimum absolute atomic E-state index is 0.139. The van der Waals surface area contributed by atoms with Gasteiger partial charge < -0.3 is 19.5 Å². The number of amides is 3. The molecule has 1 saturated heterocycles. The molecule has 0 saturated carbocycles. The molecular formula is C23H21N2O6-. The highest BCUT2D eigenvalue weighted by atomic mass is 16.5. The summed E-state index contributed by atoms with van der Waals surface area (Å²) in [5, 5.41) is 10.7. The van der Waals surface area contributed by atoms with Crippen molar-refractivity contribution < 1.29 is 29.0 Å². The number of rotatable bonds is 8. The summed E-state index contributed by atoms with van der Waals surface area (Å²) in [4.78, 5) is 51.4. The van der Waals surface area contributed by atoms with Gasteiger partial charge in [0.05, 0.1) is 25.2 Å². The van der Waals surface area contributed by atoms with Gasteiger partial charge in [-0.15, -0.1) is 0 Å². The van der Waals surface area contributed by atoms with Crippen LogP contribution in [0.25, 0.3) is 0 Å². The second kappa shape index (κ2) is 9.71. The number of carbonyl (C=O) groups excluding carboxylic acids is 4. The summed E-state index contributed by atoms with van der Waals surface area (Å²) < 4.78 is 5.09. The van der Waals surface area contributed by atoms with E-state index in [1.165, 1.54) is 12.0 Å². The molecule has 160 valence electrons. The first-order chi connectivity index (χ1) is 14.9. The number of aliphatic carboxylic acids is 1. The number of methoxy groups -OCH3 is 1. The lowest BCUT2D eigenvalue weighted by Gasteiger charge is -2.26. The van der Waals surface area contributed by atoms with Gasteiger partial charge in [-0.25, -0.2) is 4.90 Å². The summed E-state index contributed by atoms with van der Waals surface area (Å²) in [7, 11) is 1.51. The molecule has 0 N–H and O–H groups in total. The molecule has 0 bridgehead atoms. The Balaban J connectivity index is 1.84. The van der Waals surface area contributed by atoms with Crippen LogP contribution in [0.1, 0.15) is 12.0 Å². The third kappa shape index (κ3) is 5.16. The number of carboxylic acids is 1. The van der Waals surface area contributed by atoms with E-state index in [1.807, 2.05) is 30.3 Å². The van der Waals surface area contributed by atoms with E-state index >= 15 is 0 Å². The topological polar surface area (TPSA) is 107 Å². The first-order valence-electron chi connectivity index (χ1n) is 9.65. The minimum Gasteiger partial charge on any atom is -0.545 e. The zero-order chi connectivity index (χ0) is 22.4. The maximum Gasteiger partial charge on any atom is 0.257 e. The van der Waals surface area contributed by atoms with Gasteiger partial charge in [0.25, 0.3) is 5.91 Å². The molecule has 2 aromatic rings. The molecule has 3 amide bonds. The highest BCUT2D eigenvalue weighted by molar-refractivity contribution is 6.23. The zero-order valence-electron chi connectivity index (χ0n) is 16.9. The van der Waals surface area contributed by atoms with Crippen molar-refractivity contribution in [3.8, 4) is 5.75 Å². The van der Waals surface area contributed by atoms with Crippen LogP contribution in [0.15, 0.2) is 66.7 Å². The third-order valence-corrected chi connectivity index (χ3v) is 4.96. The number of nitrogens with zero attached hydrogens (tertiary/aromatic N) is 2. The van der Waals surface area contributed by atoms with Crippen molar-refractivity contribution in [2.45, 2.75) is 18.9 Å². The number of carboxylic acid groups (broad SMARTS) is 1. The molecule has 31 heavy (non-hydrogen) atoms. The number of imide groups is 1. The highest BCUT2D eigenvalue weighted by Crippen LogP contribution is 2.27. The van der Waals surface area contributed by atoms with Gasteiger partial charge in [-0.1, -0.05) is 30.3 Å². The summed E-state index contributed by atoms with van der Waals surface area (Å²) in [5.74, 6) is -2.61. The summed E-state index contributed by atoms with van der Waals surface area (Å²) in [5.41, 5.74) is 1.31. The molecule has 3 rings (SSSR count). The Morgan fingerprint density at radius 2 is 1.77 bits per heavy atom. The second-order valence-electron chi connectivity index (χ2n) is 6.90. The molecule has 8 heteroatoms. The van der Waals surface area contributed by atoms with Crippen LogP contribution >= 0.6 is 0 Å². The smallest absolute Gasteiger partial charge is 0.257 e. The molecule has 0 radical (unpaired) electrons. The number of hydrogen-bond acceptors (Lipinski definition) is 6. The van der Waals surface area contributed by atoms with Gasteiger partial charge in [0.15, 0.2) is 0 Å². The average Bonchev–Trinajstić information content (AvgIpc) is 3.07. The Kier molecular flexibility index (Phi) is 6.81. The van der Waals surface area contributed by atoms with Gasteiger partial charge in [0.2, 0.25) is 11.8 Å². The molecule has 1 aliphatic rings. The molecule has 0 aliphatic carbocycles. The average molecular weight is 421 g/mol. The lowest BCUT2D eigenvalue weighted by Crippen LogP contribution is -2.46. The Morgan fingerprint density at radius 1 is 1.10 bits per heavy atom. The first kappa shape index (κ1) is 21.8. The van der Waals surface area contributed by atoms with Crippen LogP contribution in [0.2, 0.25) is 0 Å². The summed E-state index contributed by atoms with van der Waals surface area (Å²) >= 11 is 0. The Bertz CT molecular complexity index is 1000. The van der Waals surface area contributed by atoms with Gasteiger partial charge >= 0.3 is 0 Å². The van der Waals surface area contributed by atoms with Crippen molar-refractivity contribution >= 4 is 29.4 Å². The van der Waals surface area contributed by atoms with Gasteiger partial charge in [-0.3, -0.25) is 14.4 Å². The van der Waals surface area contributed by atoms with E-state index in [2.05, 4.69) is 0 Å². The van der Waals surface area contributed by atoms with Crippen LogP contribution in [0.5, 0.6) is 5.75 Å². The predicted octanol–water partition coefficient (Wildman–Crippen LogP) is 0.704. The molecule has 1 aliphatic heterocycles. The molecule has 1 fully saturated rings. The van der Waals surface area contributed by atoms with Crippen molar-refractivity contribution in [3.63, 3.8) is 0 Å². The quantitative estimate of drug-likeness (QED) is 0.459. The fourth-order valence-corrected chi connectivity index (χ4v) is 3.41. The third-order valence-electron chi connectivity index (χ3n) is 4.96. The Morgan fingerprint density at radius 3 is 2.39 bits per heavy atom. The van der Waals surface area contributed by atoms with Crippen LogP contribution in [-0.4, -0.2) is 48.3 Å². The molecule has 8 nitrogen and oxygen atoms in total. The van der Waals surface area contributed by atoms with Crippen molar-refractivity contribution in [3.05, 3.63) is 72.3 Å². The largest absolute Gasteiger partial charge is 0.545 e. The van der Waals surface area contributed by atoms with Gasteiger partial charge in [0, 0.05) is 12.6 Å². The maximum absolute atomic E-state index is 13.1. The normalized spacial score (nSPS) is 16.0. The SMILES string of the molecule is COc1ccc(N2C(=O)C[C@@H](N(CCc3ccccc3)C(=O)/C=C/C(=O)[O-])C2=O)cc1. The van der Waals surface area contributed by atoms with Crippen LogP contribution in [-0.2, 0) is 25.6 Å². The minimum atomic E-state index is -1.52. The summed E-state index contributed by atoms with van der Waals surface area (Å²) in [6.07, 6.45) is 1.70.